The molecule has 1 fully saturated rings. The highest BCUT2D eigenvalue weighted by atomic mass is 15.3. The van der Waals surface area contributed by atoms with Gasteiger partial charge in [-0.2, -0.15) is 0 Å². The summed E-state index contributed by atoms with van der Waals surface area (Å²) in [4.78, 5) is 7.18. The number of aryl methyl sites for hydroxylation is 2. The molecule has 102 valence electrons. The quantitative estimate of drug-likeness (QED) is 0.889. The summed E-state index contributed by atoms with van der Waals surface area (Å²) < 4.78 is 2.31. The van der Waals surface area contributed by atoms with Crippen LogP contribution in [0.3, 0.4) is 0 Å². The first-order valence-electron chi connectivity index (χ1n) is 7.22. The molecule has 2 heterocycles. The molecule has 2 rings (SSSR count). The zero-order valence-electron chi connectivity index (χ0n) is 11.9. The molecule has 4 nitrogen and oxygen atoms in total. The van der Waals surface area contributed by atoms with Gasteiger partial charge < -0.3 is 15.2 Å². The minimum absolute atomic E-state index is 0.349. The van der Waals surface area contributed by atoms with Gasteiger partial charge in [0, 0.05) is 31.9 Å². The molecule has 0 amide bonds. The third-order valence-corrected chi connectivity index (χ3v) is 3.89. The Kier molecular flexibility index (Phi) is 4.27. The van der Waals surface area contributed by atoms with Gasteiger partial charge in [0.15, 0.2) is 0 Å². The summed E-state index contributed by atoms with van der Waals surface area (Å²) in [5.41, 5.74) is 7.29. The molecule has 0 aromatic carbocycles. The van der Waals surface area contributed by atoms with E-state index >= 15 is 0 Å². The van der Waals surface area contributed by atoms with E-state index in [4.69, 9.17) is 10.7 Å². The minimum Gasteiger partial charge on any atom is -0.342 e. The number of aromatic nitrogens is 2. The van der Waals surface area contributed by atoms with Crippen molar-refractivity contribution in [2.75, 3.05) is 18.0 Å². The second-order valence-electron chi connectivity index (χ2n) is 5.46. The minimum atomic E-state index is 0.349. The first kappa shape index (κ1) is 13.4. The Bertz CT molecular complexity index is 385. The highest BCUT2D eigenvalue weighted by Gasteiger charge is 2.25. The van der Waals surface area contributed by atoms with Crippen LogP contribution in [0.15, 0.2) is 6.20 Å². The monoisotopic (exact) mass is 250 g/mol. The Labute approximate surface area is 110 Å². The van der Waals surface area contributed by atoms with Gasteiger partial charge in [0.25, 0.3) is 0 Å². The summed E-state index contributed by atoms with van der Waals surface area (Å²) in [5, 5.41) is 0. The van der Waals surface area contributed by atoms with Crippen molar-refractivity contribution in [3.05, 3.63) is 11.9 Å². The first-order valence-corrected chi connectivity index (χ1v) is 7.22. The van der Waals surface area contributed by atoms with Gasteiger partial charge >= 0.3 is 0 Å². The van der Waals surface area contributed by atoms with E-state index in [0.717, 1.165) is 44.8 Å². The first-order chi connectivity index (χ1) is 8.65. The van der Waals surface area contributed by atoms with E-state index in [9.17, 15) is 0 Å². The summed E-state index contributed by atoms with van der Waals surface area (Å²) in [6.07, 6.45) is 5.43. The van der Waals surface area contributed by atoms with E-state index in [1.165, 1.54) is 5.69 Å². The highest BCUT2D eigenvalue weighted by Crippen LogP contribution is 2.22. The molecule has 18 heavy (non-hydrogen) atoms. The van der Waals surface area contributed by atoms with E-state index in [-0.39, 0.29) is 0 Å². The fraction of sp³-hybridized carbons (Fsp3) is 0.786. The van der Waals surface area contributed by atoms with Crippen molar-refractivity contribution in [3.8, 4) is 0 Å². The molecule has 1 aromatic heterocycles. The number of nitrogens with zero attached hydrogens (tertiary/aromatic N) is 3. The number of nitrogens with two attached hydrogens (primary N) is 1. The molecule has 0 aliphatic carbocycles. The lowest BCUT2D eigenvalue weighted by Crippen LogP contribution is -2.46. The van der Waals surface area contributed by atoms with E-state index in [0.29, 0.717) is 12.0 Å². The molecule has 2 N–H and O–H groups in total. The lowest BCUT2D eigenvalue weighted by atomic mass is 9.95. The molecule has 1 aliphatic heterocycles. The molecule has 1 aromatic rings. The zero-order chi connectivity index (χ0) is 13.1. The van der Waals surface area contributed by atoms with Gasteiger partial charge in [0.05, 0.1) is 5.69 Å². The van der Waals surface area contributed by atoms with Crippen LogP contribution in [-0.2, 0) is 13.0 Å². The average molecular weight is 250 g/mol. The largest absolute Gasteiger partial charge is 0.342 e. The normalized spacial score (nSPS) is 24.6. The van der Waals surface area contributed by atoms with Crippen LogP contribution in [0.25, 0.3) is 0 Å². The summed E-state index contributed by atoms with van der Waals surface area (Å²) in [7, 11) is 0. The van der Waals surface area contributed by atoms with E-state index in [1.54, 1.807) is 0 Å². The third-order valence-electron chi connectivity index (χ3n) is 3.89. The molecule has 0 bridgehead atoms. The highest BCUT2D eigenvalue weighted by molar-refractivity contribution is 5.35. The van der Waals surface area contributed by atoms with Gasteiger partial charge in [-0.05, 0) is 25.2 Å². The number of rotatable bonds is 4. The van der Waals surface area contributed by atoms with Crippen molar-refractivity contribution in [2.45, 2.75) is 52.6 Å². The Morgan fingerprint density at radius 1 is 1.44 bits per heavy atom. The lowest BCUT2D eigenvalue weighted by molar-refractivity contribution is 0.377. The maximum atomic E-state index is 6.09. The molecule has 4 heteroatoms. The molecule has 2 unspecified atom stereocenters. The number of hydrogen-bond acceptors (Lipinski definition) is 3. The van der Waals surface area contributed by atoms with Gasteiger partial charge in [-0.3, -0.25) is 0 Å². The fourth-order valence-corrected chi connectivity index (χ4v) is 2.63. The number of hydrogen-bond donors (Lipinski definition) is 1. The zero-order valence-corrected chi connectivity index (χ0v) is 11.9. The van der Waals surface area contributed by atoms with E-state index in [2.05, 4.69) is 36.4 Å². The van der Waals surface area contributed by atoms with Crippen molar-refractivity contribution in [1.82, 2.24) is 9.55 Å². The summed E-state index contributed by atoms with van der Waals surface area (Å²) in [5.74, 6) is 1.70. The predicted octanol–water partition coefficient (Wildman–Crippen LogP) is 2.03. The molecular weight excluding hydrogens is 224 g/mol. The van der Waals surface area contributed by atoms with Crippen molar-refractivity contribution in [2.24, 2.45) is 11.7 Å². The summed E-state index contributed by atoms with van der Waals surface area (Å²) >= 11 is 0. The SMILES string of the molecule is CCCn1cc(CC)nc1N1CCC(N)C(C)C1. The Balaban J connectivity index is 2.18. The summed E-state index contributed by atoms with van der Waals surface area (Å²) in [6, 6.07) is 0.349. The average Bonchev–Trinajstić information content (AvgIpc) is 2.76. The molecule has 1 saturated heterocycles. The van der Waals surface area contributed by atoms with Crippen molar-refractivity contribution in [1.29, 1.82) is 0 Å². The molecule has 0 saturated carbocycles. The molecule has 0 spiro atoms. The third kappa shape index (κ3) is 2.69. The van der Waals surface area contributed by atoms with Crippen LogP contribution in [0.5, 0.6) is 0 Å². The smallest absolute Gasteiger partial charge is 0.205 e. The Morgan fingerprint density at radius 2 is 2.22 bits per heavy atom. The van der Waals surface area contributed by atoms with Gasteiger partial charge in [-0.25, -0.2) is 4.98 Å². The van der Waals surface area contributed by atoms with E-state index < -0.39 is 0 Å². The number of imidazole rings is 1. The second-order valence-corrected chi connectivity index (χ2v) is 5.46. The van der Waals surface area contributed by atoms with Crippen molar-refractivity contribution in [3.63, 3.8) is 0 Å². The van der Waals surface area contributed by atoms with Crippen LogP contribution < -0.4 is 10.6 Å². The number of piperidine rings is 1. The van der Waals surface area contributed by atoms with Crippen LogP contribution >= 0.6 is 0 Å². The fourth-order valence-electron chi connectivity index (χ4n) is 2.63. The standard InChI is InChI=1S/C14H26N4/c1-4-7-17-10-12(5-2)16-14(17)18-8-6-13(15)11(3)9-18/h10-11,13H,4-9,15H2,1-3H3. The van der Waals surface area contributed by atoms with Crippen LogP contribution in [0.1, 0.15) is 39.3 Å². The van der Waals surface area contributed by atoms with E-state index in [1.807, 2.05) is 0 Å². The van der Waals surface area contributed by atoms with Crippen LogP contribution in [0.4, 0.5) is 5.95 Å². The molecule has 2 atom stereocenters. The maximum Gasteiger partial charge on any atom is 0.205 e. The lowest BCUT2D eigenvalue weighted by Gasteiger charge is -2.35. The van der Waals surface area contributed by atoms with Gasteiger partial charge in [-0.15, -0.1) is 0 Å². The second kappa shape index (κ2) is 5.74. The Morgan fingerprint density at radius 3 is 2.83 bits per heavy atom. The molecular formula is C14H26N4. The van der Waals surface area contributed by atoms with Crippen molar-refractivity contribution >= 4 is 5.95 Å². The van der Waals surface area contributed by atoms with Crippen LogP contribution in [-0.4, -0.2) is 28.7 Å². The topological polar surface area (TPSA) is 47.1 Å². The maximum absolute atomic E-state index is 6.09. The molecule has 1 aliphatic rings. The van der Waals surface area contributed by atoms with Crippen LogP contribution in [0, 0.1) is 5.92 Å². The van der Waals surface area contributed by atoms with Gasteiger partial charge in [0.2, 0.25) is 5.95 Å². The summed E-state index contributed by atoms with van der Waals surface area (Å²) in [6.45, 7) is 9.74. The number of anilines is 1. The van der Waals surface area contributed by atoms with Crippen LogP contribution in [0.2, 0.25) is 0 Å². The predicted molar refractivity (Wildman–Crippen MR) is 75.9 cm³/mol. The Hall–Kier alpha value is -1.03. The van der Waals surface area contributed by atoms with Crippen molar-refractivity contribution < 1.29 is 0 Å². The van der Waals surface area contributed by atoms with Gasteiger partial charge in [0.1, 0.15) is 0 Å². The molecule has 0 radical (unpaired) electrons. The van der Waals surface area contributed by atoms with Gasteiger partial charge in [-0.1, -0.05) is 20.8 Å².